The minimum Gasteiger partial charge on any atom is -0.490 e. The topological polar surface area (TPSA) is 114 Å². The summed E-state index contributed by atoms with van der Waals surface area (Å²) < 4.78 is 25.9. The first kappa shape index (κ1) is 25.4. The van der Waals surface area contributed by atoms with E-state index < -0.39 is 16.6 Å². The number of halogens is 2. The maximum atomic E-state index is 14.0. The number of nitrogens with one attached hydrogen (secondary N) is 1. The maximum Gasteiger partial charge on any atom is 0.292 e. The van der Waals surface area contributed by atoms with Crippen LogP contribution in [-0.4, -0.2) is 17.4 Å². The van der Waals surface area contributed by atoms with Gasteiger partial charge in [-0.1, -0.05) is 30.3 Å². The predicted molar refractivity (Wildman–Crippen MR) is 131 cm³/mol. The summed E-state index contributed by atoms with van der Waals surface area (Å²) >= 11 is 3.40. The molecule has 178 valence electrons. The number of para-hydroxylation sites is 2. The van der Waals surface area contributed by atoms with Crippen molar-refractivity contribution >= 4 is 39.3 Å². The highest BCUT2D eigenvalue weighted by molar-refractivity contribution is 9.10. The fourth-order valence-electron chi connectivity index (χ4n) is 3.08. The van der Waals surface area contributed by atoms with Crippen molar-refractivity contribution < 1.29 is 23.6 Å². The van der Waals surface area contributed by atoms with Gasteiger partial charge >= 0.3 is 0 Å². The van der Waals surface area contributed by atoms with Crippen LogP contribution in [0.25, 0.3) is 6.08 Å². The van der Waals surface area contributed by atoms with Crippen LogP contribution in [-0.2, 0) is 11.4 Å². The molecule has 0 heterocycles. The van der Waals surface area contributed by atoms with E-state index >= 15 is 0 Å². The molecule has 0 atom stereocenters. The molecule has 3 aromatic rings. The van der Waals surface area contributed by atoms with E-state index in [0.717, 1.165) is 0 Å². The second-order valence-electron chi connectivity index (χ2n) is 7.04. The number of nitro groups is 1. The molecule has 35 heavy (non-hydrogen) atoms. The van der Waals surface area contributed by atoms with Crippen molar-refractivity contribution in [2.45, 2.75) is 13.5 Å². The van der Waals surface area contributed by atoms with Crippen LogP contribution in [0.3, 0.4) is 0 Å². The van der Waals surface area contributed by atoms with Gasteiger partial charge in [-0.2, -0.15) is 5.26 Å². The lowest BCUT2D eigenvalue weighted by molar-refractivity contribution is -0.383. The van der Waals surface area contributed by atoms with Crippen molar-refractivity contribution in [3.8, 4) is 17.6 Å². The van der Waals surface area contributed by atoms with E-state index in [1.807, 2.05) is 6.07 Å². The highest BCUT2D eigenvalue weighted by Crippen LogP contribution is 2.38. The highest BCUT2D eigenvalue weighted by Gasteiger charge is 2.18. The third-order valence-electron chi connectivity index (χ3n) is 4.69. The largest absolute Gasteiger partial charge is 0.490 e. The van der Waals surface area contributed by atoms with Crippen LogP contribution in [0.2, 0.25) is 0 Å². The number of anilines is 1. The fourth-order valence-corrected chi connectivity index (χ4v) is 3.66. The molecule has 0 aliphatic heterocycles. The lowest BCUT2D eigenvalue weighted by atomic mass is 10.1. The zero-order valence-electron chi connectivity index (χ0n) is 18.5. The maximum absolute atomic E-state index is 14.0. The third kappa shape index (κ3) is 6.43. The minimum atomic E-state index is -0.809. The fraction of sp³-hybridized carbons (Fsp3) is 0.120. The van der Waals surface area contributed by atoms with Crippen molar-refractivity contribution in [1.29, 1.82) is 5.26 Å². The number of benzene rings is 3. The molecule has 0 fully saturated rings. The molecule has 0 unspecified atom stereocenters. The Labute approximate surface area is 208 Å². The average Bonchev–Trinajstić information content (AvgIpc) is 2.83. The van der Waals surface area contributed by atoms with Gasteiger partial charge in [-0.15, -0.1) is 0 Å². The molecule has 0 spiro atoms. The number of nitrogens with zero attached hydrogens (tertiary/aromatic N) is 2. The second-order valence-corrected chi connectivity index (χ2v) is 7.90. The van der Waals surface area contributed by atoms with Gasteiger partial charge in [0.15, 0.2) is 11.5 Å². The van der Waals surface area contributed by atoms with Crippen molar-refractivity contribution in [3.05, 3.63) is 97.8 Å². The summed E-state index contributed by atoms with van der Waals surface area (Å²) in [4.78, 5) is 23.2. The van der Waals surface area contributed by atoms with Crippen LogP contribution >= 0.6 is 15.9 Å². The predicted octanol–water partition coefficient (Wildman–Crippen LogP) is 6.02. The van der Waals surface area contributed by atoms with Crippen molar-refractivity contribution in [3.63, 3.8) is 0 Å². The van der Waals surface area contributed by atoms with E-state index in [0.29, 0.717) is 33.7 Å². The first-order chi connectivity index (χ1) is 16.8. The van der Waals surface area contributed by atoms with Gasteiger partial charge in [0.2, 0.25) is 0 Å². The van der Waals surface area contributed by atoms with E-state index in [9.17, 15) is 24.6 Å². The highest BCUT2D eigenvalue weighted by atomic mass is 79.9. The van der Waals surface area contributed by atoms with Crippen LogP contribution in [0.1, 0.15) is 18.1 Å². The summed E-state index contributed by atoms with van der Waals surface area (Å²) in [6, 6.07) is 16.8. The minimum absolute atomic E-state index is 0.0308. The van der Waals surface area contributed by atoms with E-state index in [2.05, 4.69) is 21.2 Å². The van der Waals surface area contributed by atoms with E-state index in [1.54, 1.807) is 37.3 Å². The molecule has 0 bridgehead atoms. The van der Waals surface area contributed by atoms with Crippen molar-refractivity contribution in [2.24, 2.45) is 0 Å². The van der Waals surface area contributed by atoms with Gasteiger partial charge in [-0.05, 0) is 58.8 Å². The zero-order valence-corrected chi connectivity index (χ0v) is 20.0. The SMILES string of the molecule is CCOc1cc(C=C(C#N)C(=O)Nc2ccccc2[N+](=O)[O-])cc(Br)c1OCc1ccccc1F. The molecule has 0 saturated heterocycles. The van der Waals surface area contributed by atoms with E-state index in [-0.39, 0.29) is 23.6 Å². The van der Waals surface area contributed by atoms with Gasteiger partial charge in [-0.25, -0.2) is 4.39 Å². The Kier molecular flexibility index (Phi) is 8.53. The van der Waals surface area contributed by atoms with Gasteiger partial charge in [0.05, 0.1) is 16.0 Å². The lowest BCUT2D eigenvalue weighted by Crippen LogP contribution is -2.14. The van der Waals surface area contributed by atoms with Gasteiger partial charge in [0, 0.05) is 11.6 Å². The number of hydrogen-bond acceptors (Lipinski definition) is 6. The van der Waals surface area contributed by atoms with E-state index in [1.165, 1.54) is 36.4 Å². The summed E-state index contributed by atoms with van der Waals surface area (Å²) in [6.07, 6.45) is 1.32. The molecule has 0 aliphatic rings. The molecule has 1 N–H and O–H groups in total. The normalized spacial score (nSPS) is 10.9. The van der Waals surface area contributed by atoms with Crippen LogP contribution in [0.5, 0.6) is 11.5 Å². The molecule has 0 aliphatic carbocycles. The van der Waals surface area contributed by atoms with Gasteiger partial charge in [-0.3, -0.25) is 14.9 Å². The molecule has 1 amide bonds. The molecule has 10 heteroatoms. The second kappa shape index (κ2) is 11.8. The Morgan fingerprint density at radius 1 is 1.20 bits per heavy atom. The van der Waals surface area contributed by atoms with Crippen molar-refractivity contribution in [2.75, 3.05) is 11.9 Å². The standard InChI is InChI=1S/C25H19BrFN3O5/c1-2-34-23-13-16(12-19(26)24(23)35-15-17-7-3-4-8-20(17)27)11-18(14-28)25(31)29-21-9-5-6-10-22(21)30(32)33/h3-13H,2,15H2,1H3,(H,29,31). The summed E-state index contributed by atoms with van der Waals surface area (Å²) in [6.45, 7) is 2.04. The number of hydrogen-bond donors (Lipinski definition) is 1. The Bertz CT molecular complexity index is 1340. The van der Waals surface area contributed by atoms with E-state index in [4.69, 9.17) is 9.47 Å². The first-order valence-corrected chi connectivity index (χ1v) is 11.1. The Balaban J connectivity index is 1.88. The first-order valence-electron chi connectivity index (χ1n) is 10.3. The zero-order chi connectivity index (χ0) is 25.4. The van der Waals surface area contributed by atoms with Crippen LogP contribution < -0.4 is 14.8 Å². The average molecular weight is 540 g/mol. The molecule has 3 rings (SSSR count). The molecule has 0 aromatic heterocycles. The molecule has 0 saturated carbocycles. The third-order valence-corrected chi connectivity index (χ3v) is 5.28. The molecule has 8 nitrogen and oxygen atoms in total. The van der Waals surface area contributed by atoms with Gasteiger partial charge < -0.3 is 14.8 Å². The van der Waals surface area contributed by atoms with Crippen LogP contribution in [0.15, 0.2) is 70.7 Å². The molecule has 3 aromatic carbocycles. The summed E-state index contributed by atoms with van der Waals surface area (Å²) in [7, 11) is 0. The Hall–Kier alpha value is -4.23. The molecular weight excluding hydrogens is 521 g/mol. The van der Waals surface area contributed by atoms with Crippen LogP contribution in [0, 0.1) is 27.3 Å². The van der Waals surface area contributed by atoms with Crippen LogP contribution in [0.4, 0.5) is 15.8 Å². The summed E-state index contributed by atoms with van der Waals surface area (Å²) in [5, 5.41) is 23.1. The van der Waals surface area contributed by atoms with Crippen molar-refractivity contribution in [1.82, 2.24) is 0 Å². The number of rotatable bonds is 9. The summed E-state index contributed by atoms with van der Waals surface area (Å²) in [5.41, 5.74) is 0.196. The number of nitriles is 1. The number of amides is 1. The Morgan fingerprint density at radius 2 is 1.91 bits per heavy atom. The number of carbonyl (C=O) groups is 1. The lowest BCUT2D eigenvalue weighted by Gasteiger charge is -2.15. The summed E-state index contributed by atoms with van der Waals surface area (Å²) in [5.74, 6) is -0.559. The smallest absolute Gasteiger partial charge is 0.292 e. The molecule has 0 radical (unpaired) electrons. The quantitative estimate of drug-likeness (QED) is 0.154. The molecular formula is C25H19BrFN3O5. The number of nitro benzene ring substituents is 1. The number of ether oxygens (including phenoxy) is 2. The monoisotopic (exact) mass is 539 g/mol. The number of carbonyl (C=O) groups excluding carboxylic acids is 1. The van der Waals surface area contributed by atoms with Gasteiger partial charge in [0.1, 0.15) is 29.8 Å². The van der Waals surface area contributed by atoms with Gasteiger partial charge in [0.25, 0.3) is 11.6 Å². The Morgan fingerprint density at radius 3 is 2.60 bits per heavy atom.